The fourth-order valence-corrected chi connectivity index (χ4v) is 1.94. The first-order valence-corrected chi connectivity index (χ1v) is 6.85. The predicted octanol–water partition coefficient (Wildman–Crippen LogP) is 2.27. The van der Waals surface area contributed by atoms with Gasteiger partial charge in [-0.05, 0) is 25.1 Å². The van der Waals surface area contributed by atoms with Crippen LogP contribution in [0, 0.1) is 17.0 Å². The minimum Gasteiger partial charge on any atom is -0.343 e. The van der Waals surface area contributed by atoms with Crippen molar-refractivity contribution in [2.45, 2.75) is 6.92 Å². The molecule has 0 aliphatic carbocycles. The lowest BCUT2D eigenvalue weighted by molar-refractivity contribution is -0.385. The fraction of sp³-hybridized carbons (Fsp3) is 0.125. The highest BCUT2D eigenvalue weighted by Gasteiger charge is 2.15. The number of nitro benzene ring substituents is 1. The van der Waals surface area contributed by atoms with E-state index in [9.17, 15) is 19.7 Å². The smallest absolute Gasteiger partial charge is 0.273 e. The van der Waals surface area contributed by atoms with Gasteiger partial charge in [0.2, 0.25) is 5.91 Å². The Morgan fingerprint density at radius 3 is 2.48 bits per heavy atom. The average Bonchev–Trinajstić information content (AvgIpc) is 2.53. The molecule has 0 saturated carbocycles. The van der Waals surface area contributed by atoms with Gasteiger partial charge in [-0.2, -0.15) is 0 Å². The molecule has 118 valence electrons. The van der Waals surface area contributed by atoms with Crippen LogP contribution in [0.5, 0.6) is 0 Å². The largest absolute Gasteiger partial charge is 0.343 e. The van der Waals surface area contributed by atoms with Crippen molar-refractivity contribution in [3.8, 4) is 0 Å². The molecule has 0 aliphatic rings. The fourth-order valence-electron chi connectivity index (χ4n) is 1.94. The van der Waals surface area contributed by atoms with E-state index in [0.717, 1.165) is 0 Å². The summed E-state index contributed by atoms with van der Waals surface area (Å²) in [5, 5.41) is 15.9. The zero-order valence-corrected chi connectivity index (χ0v) is 12.4. The molecular weight excluding hydrogens is 298 g/mol. The Morgan fingerprint density at radius 1 is 1.13 bits per heavy atom. The van der Waals surface area contributed by atoms with E-state index >= 15 is 0 Å². The van der Waals surface area contributed by atoms with Crippen LogP contribution >= 0.6 is 0 Å². The molecule has 2 N–H and O–H groups in total. The summed E-state index contributed by atoms with van der Waals surface area (Å²) in [6, 6.07) is 13.0. The van der Waals surface area contributed by atoms with Crippen LogP contribution in [0.3, 0.4) is 0 Å². The maximum absolute atomic E-state index is 12.0. The lowest BCUT2D eigenvalue weighted by atomic mass is 10.1. The van der Waals surface area contributed by atoms with E-state index in [4.69, 9.17) is 0 Å². The summed E-state index contributed by atoms with van der Waals surface area (Å²) in [4.78, 5) is 34.0. The summed E-state index contributed by atoms with van der Waals surface area (Å²) in [6.45, 7) is 1.36. The van der Waals surface area contributed by atoms with Gasteiger partial charge in [-0.15, -0.1) is 0 Å². The van der Waals surface area contributed by atoms with Gasteiger partial charge >= 0.3 is 0 Å². The Balaban J connectivity index is 1.96. The number of hydrogen-bond donors (Lipinski definition) is 2. The molecule has 0 heterocycles. The third kappa shape index (κ3) is 4.37. The van der Waals surface area contributed by atoms with Crippen LogP contribution < -0.4 is 10.6 Å². The molecule has 0 spiro atoms. The molecule has 7 nitrogen and oxygen atoms in total. The predicted molar refractivity (Wildman–Crippen MR) is 85.2 cm³/mol. The Hall–Kier alpha value is -3.22. The van der Waals surface area contributed by atoms with E-state index in [-0.39, 0.29) is 23.7 Å². The number of carbonyl (C=O) groups excluding carboxylic acids is 2. The third-order valence-electron chi connectivity index (χ3n) is 3.14. The number of rotatable bonds is 5. The number of nitrogens with one attached hydrogen (secondary N) is 2. The number of aryl methyl sites for hydroxylation is 1. The molecule has 0 unspecified atom stereocenters. The second kappa shape index (κ2) is 7.17. The van der Waals surface area contributed by atoms with Gasteiger partial charge in [0.05, 0.1) is 11.5 Å². The average molecular weight is 313 g/mol. The number of anilines is 1. The van der Waals surface area contributed by atoms with Gasteiger partial charge in [0.1, 0.15) is 0 Å². The summed E-state index contributed by atoms with van der Waals surface area (Å²) in [5.74, 6) is -0.928. The monoisotopic (exact) mass is 313 g/mol. The Kier molecular flexibility index (Phi) is 5.03. The van der Waals surface area contributed by atoms with Crippen LogP contribution in [0.4, 0.5) is 11.4 Å². The molecule has 0 fully saturated rings. The molecule has 0 bridgehead atoms. The highest BCUT2D eigenvalue weighted by molar-refractivity contribution is 5.99. The molecule has 2 aromatic rings. The molecule has 7 heteroatoms. The SMILES string of the molecule is Cc1ccc(C(=O)NCC(=O)Nc2ccccc2)cc1[N+](=O)[O-]. The van der Waals surface area contributed by atoms with Crippen LogP contribution in [0.15, 0.2) is 48.5 Å². The molecule has 0 radical (unpaired) electrons. The molecule has 0 aliphatic heterocycles. The van der Waals surface area contributed by atoms with E-state index in [1.54, 1.807) is 31.2 Å². The van der Waals surface area contributed by atoms with Gasteiger partial charge < -0.3 is 10.6 Å². The van der Waals surface area contributed by atoms with Crippen LogP contribution in [0.25, 0.3) is 0 Å². The van der Waals surface area contributed by atoms with Gasteiger partial charge in [0, 0.05) is 22.9 Å². The van der Waals surface area contributed by atoms with Gasteiger partial charge in [0.15, 0.2) is 0 Å². The van der Waals surface area contributed by atoms with Gasteiger partial charge in [0.25, 0.3) is 11.6 Å². The highest BCUT2D eigenvalue weighted by atomic mass is 16.6. The minimum absolute atomic E-state index is 0.133. The number of carbonyl (C=O) groups is 2. The highest BCUT2D eigenvalue weighted by Crippen LogP contribution is 2.19. The summed E-state index contributed by atoms with van der Waals surface area (Å²) in [5.41, 5.74) is 1.09. The number of para-hydroxylation sites is 1. The van der Waals surface area contributed by atoms with Crippen LogP contribution in [0.2, 0.25) is 0 Å². The minimum atomic E-state index is -0.547. The van der Waals surface area contributed by atoms with Crippen LogP contribution in [-0.4, -0.2) is 23.3 Å². The maximum Gasteiger partial charge on any atom is 0.273 e. The molecule has 23 heavy (non-hydrogen) atoms. The maximum atomic E-state index is 12.0. The lowest BCUT2D eigenvalue weighted by Crippen LogP contribution is -2.32. The topological polar surface area (TPSA) is 101 Å². The van der Waals surface area contributed by atoms with Gasteiger partial charge in [-0.25, -0.2) is 0 Å². The molecule has 2 aromatic carbocycles. The van der Waals surface area contributed by atoms with E-state index < -0.39 is 10.8 Å². The van der Waals surface area contributed by atoms with E-state index in [0.29, 0.717) is 11.3 Å². The standard InChI is InChI=1S/C16H15N3O4/c1-11-7-8-12(9-14(11)19(22)23)16(21)17-10-15(20)18-13-5-3-2-4-6-13/h2-9H,10H2,1H3,(H,17,21)(H,18,20). The molecule has 0 atom stereocenters. The molecule has 0 saturated heterocycles. The lowest BCUT2D eigenvalue weighted by Gasteiger charge is -2.07. The second-order valence-electron chi connectivity index (χ2n) is 4.86. The quantitative estimate of drug-likeness (QED) is 0.653. The summed E-state index contributed by atoms with van der Waals surface area (Å²) in [6.07, 6.45) is 0. The number of hydrogen-bond acceptors (Lipinski definition) is 4. The molecule has 2 rings (SSSR count). The molecular formula is C16H15N3O4. The van der Waals surface area contributed by atoms with Gasteiger partial charge in [-0.1, -0.05) is 24.3 Å². The van der Waals surface area contributed by atoms with Crippen molar-refractivity contribution in [1.29, 1.82) is 0 Å². The van der Waals surface area contributed by atoms with E-state index in [1.807, 2.05) is 6.07 Å². The Labute approximate surface area is 132 Å². The summed E-state index contributed by atoms with van der Waals surface area (Å²) in [7, 11) is 0. The van der Waals surface area contributed by atoms with Crippen molar-refractivity contribution in [3.05, 3.63) is 69.8 Å². The summed E-state index contributed by atoms with van der Waals surface area (Å²) >= 11 is 0. The van der Waals surface area contributed by atoms with Crippen molar-refractivity contribution in [3.63, 3.8) is 0 Å². The number of nitro groups is 1. The zero-order valence-electron chi connectivity index (χ0n) is 12.4. The van der Waals surface area contributed by atoms with E-state index in [1.165, 1.54) is 18.2 Å². The molecule has 2 amide bonds. The van der Waals surface area contributed by atoms with Gasteiger partial charge in [-0.3, -0.25) is 19.7 Å². The van der Waals surface area contributed by atoms with Crippen molar-refractivity contribution < 1.29 is 14.5 Å². The zero-order chi connectivity index (χ0) is 16.8. The van der Waals surface area contributed by atoms with Crippen molar-refractivity contribution in [1.82, 2.24) is 5.32 Å². The second-order valence-corrected chi connectivity index (χ2v) is 4.86. The van der Waals surface area contributed by atoms with Crippen molar-refractivity contribution >= 4 is 23.2 Å². The normalized spacial score (nSPS) is 9.96. The van der Waals surface area contributed by atoms with Crippen LogP contribution in [-0.2, 0) is 4.79 Å². The van der Waals surface area contributed by atoms with Crippen molar-refractivity contribution in [2.75, 3.05) is 11.9 Å². The molecule has 0 aromatic heterocycles. The first-order valence-electron chi connectivity index (χ1n) is 6.85. The number of nitrogens with zero attached hydrogens (tertiary/aromatic N) is 1. The third-order valence-corrected chi connectivity index (χ3v) is 3.14. The number of amides is 2. The van der Waals surface area contributed by atoms with Crippen molar-refractivity contribution in [2.24, 2.45) is 0 Å². The summed E-state index contributed by atoms with van der Waals surface area (Å²) < 4.78 is 0. The number of benzene rings is 2. The first kappa shape index (κ1) is 16.2. The van der Waals surface area contributed by atoms with Crippen LogP contribution in [0.1, 0.15) is 15.9 Å². The Bertz CT molecular complexity index is 744. The van der Waals surface area contributed by atoms with E-state index in [2.05, 4.69) is 10.6 Å². The first-order chi connectivity index (χ1) is 11.0. The Morgan fingerprint density at radius 2 is 1.83 bits per heavy atom.